The van der Waals surface area contributed by atoms with Crippen molar-refractivity contribution in [2.45, 2.75) is 26.3 Å². The van der Waals surface area contributed by atoms with E-state index in [1.165, 1.54) is 4.88 Å². The molecule has 2 aromatic rings. The zero-order valence-electron chi connectivity index (χ0n) is 16.1. The van der Waals surface area contributed by atoms with Gasteiger partial charge in [0.15, 0.2) is 0 Å². The number of nitrogens with one attached hydrogen (secondary N) is 1. The van der Waals surface area contributed by atoms with Crippen LogP contribution in [0.3, 0.4) is 0 Å². The Balaban J connectivity index is 1.41. The minimum absolute atomic E-state index is 0.0421. The molecule has 4 nitrogen and oxygen atoms in total. The normalized spacial score (nSPS) is 15.9. The number of rotatable bonds is 7. The molecule has 1 aliphatic rings. The molecular weight excluding hydrogens is 356 g/mol. The summed E-state index contributed by atoms with van der Waals surface area (Å²) < 4.78 is 5.35. The van der Waals surface area contributed by atoms with Crippen LogP contribution < -0.4 is 10.1 Å². The van der Waals surface area contributed by atoms with E-state index in [1.54, 1.807) is 13.2 Å². The predicted octanol–water partition coefficient (Wildman–Crippen LogP) is 4.11. The smallest absolute Gasteiger partial charge is 0.244 e. The van der Waals surface area contributed by atoms with Crippen molar-refractivity contribution < 1.29 is 9.53 Å². The second-order valence-electron chi connectivity index (χ2n) is 7.12. The molecule has 27 heavy (non-hydrogen) atoms. The molecule has 1 N–H and O–H groups in total. The van der Waals surface area contributed by atoms with Gasteiger partial charge >= 0.3 is 0 Å². The third kappa shape index (κ3) is 5.94. The molecule has 0 saturated carbocycles. The Morgan fingerprint density at radius 1 is 1.33 bits per heavy atom. The topological polar surface area (TPSA) is 41.6 Å². The van der Waals surface area contributed by atoms with E-state index in [9.17, 15) is 4.79 Å². The van der Waals surface area contributed by atoms with Gasteiger partial charge in [-0.3, -0.25) is 9.69 Å². The lowest BCUT2D eigenvalue weighted by molar-refractivity contribution is -0.116. The van der Waals surface area contributed by atoms with Gasteiger partial charge in [0.05, 0.1) is 7.11 Å². The third-order valence-electron chi connectivity index (χ3n) is 5.03. The molecule has 0 spiro atoms. The number of likely N-dealkylation sites (tertiary alicyclic amines) is 1. The highest BCUT2D eigenvalue weighted by Gasteiger charge is 2.19. The number of aryl methyl sites for hydroxylation is 1. The fourth-order valence-electron chi connectivity index (χ4n) is 3.42. The van der Waals surface area contributed by atoms with Crippen LogP contribution in [0.1, 0.15) is 28.8 Å². The van der Waals surface area contributed by atoms with Crippen LogP contribution >= 0.6 is 11.3 Å². The van der Waals surface area contributed by atoms with Gasteiger partial charge in [-0.2, -0.15) is 0 Å². The Morgan fingerprint density at radius 2 is 2.15 bits per heavy atom. The van der Waals surface area contributed by atoms with Crippen LogP contribution in [0, 0.1) is 12.8 Å². The van der Waals surface area contributed by atoms with E-state index in [0.29, 0.717) is 5.92 Å². The first kappa shape index (κ1) is 19.6. The van der Waals surface area contributed by atoms with Crippen LogP contribution in [0.25, 0.3) is 6.08 Å². The van der Waals surface area contributed by atoms with E-state index in [0.717, 1.165) is 55.9 Å². The number of amides is 1. The van der Waals surface area contributed by atoms with Crippen LogP contribution in [0.15, 0.2) is 41.8 Å². The van der Waals surface area contributed by atoms with Crippen molar-refractivity contribution in [2.24, 2.45) is 5.92 Å². The summed E-state index contributed by atoms with van der Waals surface area (Å²) in [6.07, 6.45) is 5.70. The van der Waals surface area contributed by atoms with Gasteiger partial charge in [-0.05, 0) is 68.4 Å². The van der Waals surface area contributed by atoms with Crippen molar-refractivity contribution in [3.63, 3.8) is 0 Å². The molecule has 0 unspecified atom stereocenters. The van der Waals surface area contributed by atoms with Crippen molar-refractivity contribution in [3.8, 4) is 5.75 Å². The summed E-state index contributed by atoms with van der Waals surface area (Å²) in [5.74, 6) is 1.30. The maximum Gasteiger partial charge on any atom is 0.244 e. The number of nitrogens with zero attached hydrogens (tertiary/aromatic N) is 1. The minimum atomic E-state index is -0.0421. The molecule has 1 aromatic carbocycles. The molecule has 1 aromatic heterocycles. The SMILES string of the molecule is COc1ccc(C)cc1/C=C/C(=O)NCC1CCN(Cc2cccs2)CC1. The highest BCUT2D eigenvalue weighted by Crippen LogP contribution is 2.22. The number of benzene rings is 1. The summed E-state index contributed by atoms with van der Waals surface area (Å²) in [4.78, 5) is 16.1. The predicted molar refractivity (Wildman–Crippen MR) is 112 cm³/mol. The van der Waals surface area contributed by atoms with Gasteiger partial charge in [-0.25, -0.2) is 0 Å². The Bertz CT molecular complexity index is 763. The van der Waals surface area contributed by atoms with Crippen LogP contribution in [-0.2, 0) is 11.3 Å². The molecule has 0 radical (unpaired) electrons. The molecule has 1 fully saturated rings. The van der Waals surface area contributed by atoms with Crippen molar-refractivity contribution >= 4 is 23.3 Å². The van der Waals surface area contributed by atoms with E-state index >= 15 is 0 Å². The number of thiophene rings is 1. The van der Waals surface area contributed by atoms with Gasteiger partial charge < -0.3 is 10.1 Å². The van der Waals surface area contributed by atoms with Gasteiger partial charge in [0, 0.05) is 29.6 Å². The maximum atomic E-state index is 12.2. The molecule has 0 aliphatic carbocycles. The first-order valence-corrected chi connectivity index (χ1v) is 10.4. The number of carbonyl (C=O) groups excluding carboxylic acids is 1. The summed E-state index contributed by atoms with van der Waals surface area (Å²) in [5, 5.41) is 5.19. The van der Waals surface area contributed by atoms with Gasteiger partial charge in [0.25, 0.3) is 0 Å². The summed E-state index contributed by atoms with van der Waals surface area (Å²) >= 11 is 1.82. The van der Waals surface area contributed by atoms with Crippen molar-refractivity contribution in [1.82, 2.24) is 10.2 Å². The fourth-order valence-corrected chi connectivity index (χ4v) is 4.17. The molecule has 2 heterocycles. The molecule has 144 valence electrons. The number of ether oxygens (including phenoxy) is 1. The Hall–Kier alpha value is -2.11. The highest BCUT2D eigenvalue weighted by atomic mass is 32.1. The van der Waals surface area contributed by atoms with Crippen molar-refractivity contribution in [1.29, 1.82) is 0 Å². The van der Waals surface area contributed by atoms with Crippen LogP contribution in [0.4, 0.5) is 0 Å². The molecule has 3 rings (SSSR count). The van der Waals surface area contributed by atoms with E-state index in [4.69, 9.17) is 4.74 Å². The summed E-state index contributed by atoms with van der Waals surface area (Å²) in [6.45, 7) is 6.05. The first-order valence-electron chi connectivity index (χ1n) is 9.49. The summed E-state index contributed by atoms with van der Waals surface area (Å²) in [5.41, 5.74) is 2.07. The lowest BCUT2D eigenvalue weighted by Gasteiger charge is -2.31. The standard InChI is InChI=1S/C22H28N2O2S/c1-17-5-7-21(26-2)19(14-17)6-8-22(25)23-15-18-9-11-24(12-10-18)16-20-4-3-13-27-20/h3-8,13-14,18H,9-12,15-16H2,1-2H3,(H,23,25)/b8-6+. The monoisotopic (exact) mass is 384 g/mol. The van der Waals surface area contributed by atoms with E-state index in [2.05, 4.69) is 27.7 Å². The van der Waals surface area contributed by atoms with Gasteiger partial charge in [-0.15, -0.1) is 11.3 Å². The van der Waals surface area contributed by atoms with E-state index in [1.807, 2.05) is 42.5 Å². The van der Waals surface area contributed by atoms with Gasteiger partial charge in [0.1, 0.15) is 5.75 Å². The van der Waals surface area contributed by atoms with Crippen LogP contribution in [-0.4, -0.2) is 37.6 Å². The highest BCUT2D eigenvalue weighted by molar-refractivity contribution is 7.09. The molecule has 0 atom stereocenters. The van der Waals surface area contributed by atoms with Gasteiger partial charge in [-0.1, -0.05) is 17.7 Å². The first-order chi connectivity index (χ1) is 13.1. The quantitative estimate of drug-likeness (QED) is 0.731. The molecule has 0 bridgehead atoms. The molecule has 5 heteroatoms. The number of carbonyl (C=O) groups is 1. The van der Waals surface area contributed by atoms with Crippen LogP contribution in [0.2, 0.25) is 0 Å². The molecule has 1 amide bonds. The maximum absolute atomic E-state index is 12.2. The number of hydrogen-bond acceptors (Lipinski definition) is 4. The van der Waals surface area contributed by atoms with Gasteiger partial charge in [0.2, 0.25) is 5.91 Å². The zero-order chi connectivity index (χ0) is 19.1. The average molecular weight is 385 g/mol. The average Bonchev–Trinajstić information content (AvgIpc) is 3.19. The van der Waals surface area contributed by atoms with Crippen LogP contribution in [0.5, 0.6) is 5.75 Å². The molecule has 1 saturated heterocycles. The zero-order valence-corrected chi connectivity index (χ0v) is 16.9. The summed E-state index contributed by atoms with van der Waals surface area (Å²) in [6, 6.07) is 10.3. The Morgan fingerprint density at radius 3 is 2.85 bits per heavy atom. The second-order valence-corrected chi connectivity index (χ2v) is 8.16. The van der Waals surface area contributed by atoms with Crippen molar-refractivity contribution in [3.05, 3.63) is 57.8 Å². The van der Waals surface area contributed by atoms with E-state index < -0.39 is 0 Å². The lowest BCUT2D eigenvalue weighted by atomic mass is 9.96. The number of piperidine rings is 1. The van der Waals surface area contributed by atoms with Crippen molar-refractivity contribution in [2.75, 3.05) is 26.7 Å². The van der Waals surface area contributed by atoms with E-state index in [-0.39, 0.29) is 5.91 Å². The minimum Gasteiger partial charge on any atom is -0.496 e. The fraction of sp³-hybridized carbons (Fsp3) is 0.409. The molecule has 1 aliphatic heterocycles. The lowest BCUT2D eigenvalue weighted by Crippen LogP contribution is -2.37. The molecular formula is C22H28N2O2S. The Kier molecular flexibility index (Phi) is 7.07. The third-order valence-corrected chi connectivity index (χ3v) is 5.89. The summed E-state index contributed by atoms with van der Waals surface area (Å²) in [7, 11) is 1.65. The number of methoxy groups -OCH3 is 1. The second kappa shape index (κ2) is 9.72. The Labute approximate surface area is 165 Å². The largest absolute Gasteiger partial charge is 0.496 e. The number of hydrogen-bond donors (Lipinski definition) is 1.